The lowest BCUT2D eigenvalue weighted by atomic mass is 9.88. The number of alkyl halides is 3. The predicted octanol–water partition coefficient (Wildman–Crippen LogP) is 3.11. The van der Waals surface area contributed by atoms with Gasteiger partial charge in [-0.05, 0) is 25.3 Å². The summed E-state index contributed by atoms with van der Waals surface area (Å²) >= 11 is 0. The van der Waals surface area contributed by atoms with Crippen LogP contribution in [0.4, 0.5) is 13.2 Å². The molecule has 1 aromatic rings. The molecule has 2 rings (SSSR count). The topological polar surface area (TPSA) is 33.1 Å². The van der Waals surface area contributed by atoms with Gasteiger partial charge in [-0.15, -0.1) is 0 Å². The normalized spacial score (nSPS) is 20.1. The molecule has 1 aliphatic rings. The number of rotatable bonds is 3. The number of pyridine rings is 1. The molecule has 1 atom stereocenters. The van der Waals surface area contributed by atoms with Crippen molar-refractivity contribution >= 4 is 0 Å². The average Bonchev–Trinajstić information content (AvgIpc) is 3.00. The lowest BCUT2D eigenvalue weighted by Gasteiger charge is -2.26. The zero-order chi connectivity index (χ0) is 12.7. The molecule has 0 aliphatic heterocycles. The second-order valence-corrected chi connectivity index (χ2v) is 4.84. The first-order valence-corrected chi connectivity index (χ1v) is 5.55. The van der Waals surface area contributed by atoms with E-state index in [0.717, 1.165) is 31.3 Å². The number of nitrogens with zero attached hydrogens (tertiary/aromatic N) is 1. The van der Waals surface area contributed by atoms with E-state index in [0.29, 0.717) is 12.3 Å². The fraction of sp³-hybridized carbons (Fsp3) is 0.583. The van der Waals surface area contributed by atoms with Crippen molar-refractivity contribution in [3.63, 3.8) is 0 Å². The van der Waals surface area contributed by atoms with E-state index >= 15 is 0 Å². The van der Waals surface area contributed by atoms with Crippen molar-refractivity contribution in [2.45, 2.75) is 38.0 Å². The summed E-state index contributed by atoms with van der Waals surface area (Å²) in [6.07, 6.45) is 0.0911. The first-order valence-electron chi connectivity index (χ1n) is 5.55. The number of halogens is 3. The summed E-state index contributed by atoms with van der Waals surface area (Å²) in [6, 6.07) is 0.913. The molecule has 2 nitrogen and oxygen atoms in total. The zero-order valence-electron chi connectivity index (χ0n) is 9.46. The van der Waals surface area contributed by atoms with E-state index in [1.807, 2.05) is 0 Å². The molecule has 0 radical (unpaired) electrons. The molecule has 0 bridgehead atoms. The van der Waals surface area contributed by atoms with Crippen LogP contribution in [0.15, 0.2) is 18.5 Å². The Kier molecular flexibility index (Phi) is 2.89. The van der Waals surface area contributed by atoms with Crippen molar-refractivity contribution in [2.75, 3.05) is 0 Å². The first kappa shape index (κ1) is 12.4. The van der Waals surface area contributed by atoms with E-state index in [-0.39, 0.29) is 5.56 Å². The molecule has 1 aromatic heterocycles. The molecule has 1 heterocycles. The maximum absolute atomic E-state index is 12.8. The Hall–Kier alpha value is -1.10. The molecule has 0 spiro atoms. The van der Waals surface area contributed by atoms with Gasteiger partial charge in [0.15, 0.2) is 0 Å². The minimum atomic E-state index is -4.45. The van der Waals surface area contributed by atoms with Gasteiger partial charge in [0.2, 0.25) is 0 Å². The fourth-order valence-corrected chi connectivity index (χ4v) is 2.06. The molecule has 1 aliphatic carbocycles. The average molecular weight is 245 g/mol. The van der Waals surface area contributed by atoms with Crippen LogP contribution < -0.4 is 0 Å². The third kappa shape index (κ3) is 2.77. The highest BCUT2D eigenvalue weighted by Crippen LogP contribution is 2.43. The lowest BCUT2D eigenvalue weighted by Crippen LogP contribution is -2.26. The summed E-state index contributed by atoms with van der Waals surface area (Å²) in [6.45, 7) is 1.43. The molecule has 17 heavy (non-hydrogen) atoms. The Labute approximate surface area is 97.5 Å². The molecule has 1 fully saturated rings. The Morgan fingerprint density at radius 1 is 1.35 bits per heavy atom. The second-order valence-electron chi connectivity index (χ2n) is 4.84. The molecular formula is C12H14F3NO. The van der Waals surface area contributed by atoms with Crippen LogP contribution in [-0.4, -0.2) is 10.1 Å². The Balaban J connectivity index is 2.36. The van der Waals surface area contributed by atoms with E-state index in [1.54, 1.807) is 0 Å². The van der Waals surface area contributed by atoms with Gasteiger partial charge in [0.05, 0.1) is 11.2 Å². The summed E-state index contributed by atoms with van der Waals surface area (Å²) in [4.78, 5) is 3.69. The molecule has 0 amide bonds. The number of hydrogen-bond acceptors (Lipinski definition) is 2. The molecular weight excluding hydrogens is 231 g/mol. The van der Waals surface area contributed by atoms with Crippen molar-refractivity contribution in [2.24, 2.45) is 5.92 Å². The van der Waals surface area contributed by atoms with Crippen LogP contribution in [0.1, 0.15) is 37.3 Å². The third-order valence-electron chi connectivity index (χ3n) is 3.09. The van der Waals surface area contributed by atoms with Crippen molar-refractivity contribution < 1.29 is 18.3 Å². The summed E-state index contributed by atoms with van der Waals surface area (Å²) in [5, 5.41) is 10.2. The summed E-state index contributed by atoms with van der Waals surface area (Å²) in [5.41, 5.74) is -2.38. The molecule has 1 saturated carbocycles. The van der Waals surface area contributed by atoms with Crippen LogP contribution in [0.2, 0.25) is 0 Å². The minimum absolute atomic E-state index is 0.126. The van der Waals surface area contributed by atoms with Gasteiger partial charge in [-0.2, -0.15) is 13.2 Å². The second kappa shape index (κ2) is 3.98. The molecule has 0 aromatic carbocycles. The van der Waals surface area contributed by atoms with Crippen molar-refractivity contribution in [3.8, 4) is 0 Å². The van der Waals surface area contributed by atoms with Gasteiger partial charge >= 0.3 is 6.18 Å². The van der Waals surface area contributed by atoms with Crippen molar-refractivity contribution in [1.29, 1.82) is 0 Å². The van der Waals surface area contributed by atoms with Gasteiger partial charge in [0, 0.05) is 18.0 Å². The van der Waals surface area contributed by atoms with Crippen LogP contribution in [0.5, 0.6) is 0 Å². The molecule has 0 saturated heterocycles. The van der Waals surface area contributed by atoms with Crippen LogP contribution in [-0.2, 0) is 11.8 Å². The highest BCUT2D eigenvalue weighted by molar-refractivity contribution is 5.31. The van der Waals surface area contributed by atoms with Crippen LogP contribution in [0.25, 0.3) is 0 Å². The van der Waals surface area contributed by atoms with E-state index in [4.69, 9.17) is 0 Å². The molecule has 1 N–H and O–H groups in total. The number of aromatic nitrogens is 1. The van der Waals surface area contributed by atoms with Crippen molar-refractivity contribution in [1.82, 2.24) is 4.98 Å². The van der Waals surface area contributed by atoms with Gasteiger partial charge in [-0.25, -0.2) is 0 Å². The van der Waals surface area contributed by atoms with Crippen LogP contribution in [0, 0.1) is 5.92 Å². The van der Waals surface area contributed by atoms with Gasteiger partial charge in [0.25, 0.3) is 0 Å². The molecule has 94 valence electrons. The molecule has 5 heteroatoms. The van der Waals surface area contributed by atoms with Gasteiger partial charge in [-0.3, -0.25) is 4.98 Å². The van der Waals surface area contributed by atoms with Gasteiger partial charge < -0.3 is 5.11 Å². The fourth-order valence-electron chi connectivity index (χ4n) is 2.06. The Morgan fingerprint density at radius 2 is 2.00 bits per heavy atom. The lowest BCUT2D eigenvalue weighted by molar-refractivity contribution is -0.140. The van der Waals surface area contributed by atoms with Crippen LogP contribution in [0.3, 0.4) is 0 Å². The van der Waals surface area contributed by atoms with E-state index in [2.05, 4.69) is 4.98 Å². The molecule has 1 unspecified atom stereocenters. The Bertz CT molecular complexity index is 410. The SMILES string of the molecule is CC(O)(CC1CC1)c1cnccc1C(F)(F)F. The summed E-state index contributed by atoms with van der Waals surface area (Å²) in [7, 11) is 0. The largest absolute Gasteiger partial charge is 0.416 e. The maximum atomic E-state index is 12.8. The highest BCUT2D eigenvalue weighted by atomic mass is 19.4. The van der Waals surface area contributed by atoms with Crippen LogP contribution >= 0.6 is 0 Å². The minimum Gasteiger partial charge on any atom is -0.385 e. The van der Waals surface area contributed by atoms with Gasteiger partial charge in [0.1, 0.15) is 0 Å². The van der Waals surface area contributed by atoms with Gasteiger partial charge in [-0.1, -0.05) is 12.8 Å². The predicted molar refractivity (Wildman–Crippen MR) is 56.2 cm³/mol. The number of hydrogen-bond donors (Lipinski definition) is 1. The third-order valence-corrected chi connectivity index (χ3v) is 3.09. The standard InChI is InChI=1S/C12H14F3NO/c1-11(17,6-8-2-3-8)10-7-16-5-4-9(10)12(13,14)15/h4-5,7-8,17H,2-3,6H2,1H3. The monoisotopic (exact) mass is 245 g/mol. The van der Waals surface area contributed by atoms with E-state index < -0.39 is 17.3 Å². The summed E-state index contributed by atoms with van der Waals surface area (Å²) < 4.78 is 38.4. The first-order chi connectivity index (χ1) is 7.81. The maximum Gasteiger partial charge on any atom is 0.416 e. The van der Waals surface area contributed by atoms with E-state index in [1.165, 1.54) is 6.92 Å². The zero-order valence-corrected chi connectivity index (χ0v) is 9.46. The van der Waals surface area contributed by atoms with E-state index in [9.17, 15) is 18.3 Å². The quantitative estimate of drug-likeness (QED) is 0.887. The number of aliphatic hydroxyl groups is 1. The Morgan fingerprint density at radius 3 is 2.53 bits per heavy atom. The summed E-state index contributed by atoms with van der Waals surface area (Å²) in [5.74, 6) is 0.339. The van der Waals surface area contributed by atoms with Crippen molar-refractivity contribution in [3.05, 3.63) is 29.6 Å². The smallest absolute Gasteiger partial charge is 0.385 e. The highest BCUT2D eigenvalue weighted by Gasteiger charge is 2.41.